The van der Waals surface area contributed by atoms with Crippen molar-refractivity contribution in [2.24, 2.45) is 7.05 Å². The van der Waals surface area contributed by atoms with Gasteiger partial charge in [-0.15, -0.1) is 16.4 Å². The summed E-state index contributed by atoms with van der Waals surface area (Å²) in [6, 6.07) is 7.76. The van der Waals surface area contributed by atoms with Gasteiger partial charge in [0.15, 0.2) is 6.10 Å². The van der Waals surface area contributed by atoms with Gasteiger partial charge in [-0.3, -0.25) is 9.48 Å². The van der Waals surface area contributed by atoms with Crippen molar-refractivity contribution in [3.63, 3.8) is 0 Å². The second-order valence-corrected chi connectivity index (χ2v) is 6.34. The summed E-state index contributed by atoms with van der Waals surface area (Å²) in [5, 5.41) is 11.0. The van der Waals surface area contributed by atoms with Crippen molar-refractivity contribution in [2.75, 3.05) is 0 Å². The minimum absolute atomic E-state index is 0.189. The molecule has 1 atom stereocenters. The van der Waals surface area contributed by atoms with E-state index < -0.39 is 6.10 Å². The van der Waals surface area contributed by atoms with E-state index in [1.165, 1.54) is 0 Å². The number of amides is 1. The SMILES string of the molecule is Cc1nc(CNC(=O)[C@H](C)Oc2nn(C)c3ccccc23)cs1. The summed E-state index contributed by atoms with van der Waals surface area (Å²) in [4.78, 5) is 16.5. The molecule has 2 heterocycles. The number of carbonyl (C=O) groups excluding carboxylic acids is 1. The van der Waals surface area contributed by atoms with Gasteiger partial charge in [0.05, 0.1) is 28.1 Å². The van der Waals surface area contributed by atoms with Gasteiger partial charge in [-0.05, 0) is 26.0 Å². The van der Waals surface area contributed by atoms with Gasteiger partial charge in [0.25, 0.3) is 5.91 Å². The minimum atomic E-state index is -0.631. The van der Waals surface area contributed by atoms with Crippen molar-refractivity contribution in [1.29, 1.82) is 0 Å². The van der Waals surface area contributed by atoms with Crippen LogP contribution in [0.15, 0.2) is 29.6 Å². The third-order valence-electron chi connectivity index (χ3n) is 3.49. The highest BCUT2D eigenvalue weighted by Crippen LogP contribution is 2.24. The largest absolute Gasteiger partial charge is 0.463 e. The van der Waals surface area contributed by atoms with Crippen LogP contribution in [-0.4, -0.2) is 26.8 Å². The molecule has 23 heavy (non-hydrogen) atoms. The Morgan fingerprint density at radius 3 is 2.96 bits per heavy atom. The van der Waals surface area contributed by atoms with Crippen LogP contribution in [0.1, 0.15) is 17.6 Å². The first-order valence-electron chi connectivity index (χ1n) is 7.31. The lowest BCUT2D eigenvalue weighted by Crippen LogP contribution is -2.36. The predicted molar refractivity (Wildman–Crippen MR) is 89.5 cm³/mol. The van der Waals surface area contributed by atoms with E-state index in [9.17, 15) is 4.79 Å². The third kappa shape index (κ3) is 3.34. The van der Waals surface area contributed by atoms with Gasteiger partial charge in [0.2, 0.25) is 5.88 Å². The van der Waals surface area contributed by atoms with Crippen LogP contribution in [-0.2, 0) is 18.4 Å². The normalized spacial score (nSPS) is 12.3. The Balaban J connectivity index is 1.65. The number of ether oxygens (including phenoxy) is 1. The lowest BCUT2D eigenvalue weighted by atomic mass is 10.2. The number of fused-ring (bicyclic) bond motifs is 1. The molecule has 1 aromatic carbocycles. The van der Waals surface area contributed by atoms with E-state index in [4.69, 9.17) is 4.74 Å². The van der Waals surface area contributed by atoms with E-state index >= 15 is 0 Å². The average molecular weight is 330 g/mol. The fourth-order valence-electron chi connectivity index (χ4n) is 2.30. The third-order valence-corrected chi connectivity index (χ3v) is 4.31. The quantitative estimate of drug-likeness (QED) is 0.780. The summed E-state index contributed by atoms with van der Waals surface area (Å²) in [6.45, 7) is 4.05. The maximum atomic E-state index is 12.2. The standard InChI is InChI=1S/C16H18N4O2S/c1-10(15(21)17-8-12-9-23-11(2)18-12)22-16-13-6-4-5-7-14(13)20(3)19-16/h4-7,9-10H,8H2,1-3H3,(H,17,21)/t10-/m0/s1. The molecular formula is C16H18N4O2S. The first kappa shape index (κ1) is 15.5. The molecule has 0 bridgehead atoms. The number of nitrogens with one attached hydrogen (secondary N) is 1. The molecule has 0 spiro atoms. The summed E-state index contributed by atoms with van der Waals surface area (Å²) in [6.07, 6.45) is -0.631. The summed E-state index contributed by atoms with van der Waals surface area (Å²) in [5.41, 5.74) is 1.82. The van der Waals surface area contributed by atoms with E-state index in [0.717, 1.165) is 21.6 Å². The zero-order chi connectivity index (χ0) is 16.4. The fourth-order valence-corrected chi connectivity index (χ4v) is 2.91. The molecule has 2 aromatic heterocycles. The predicted octanol–water partition coefficient (Wildman–Crippen LogP) is 2.42. The van der Waals surface area contributed by atoms with Gasteiger partial charge < -0.3 is 10.1 Å². The molecule has 0 saturated heterocycles. The maximum absolute atomic E-state index is 12.2. The average Bonchev–Trinajstić information content (AvgIpc) is 3.09. The van der Waals surface area contributed by atoms with Gasteiger partial charge in [0.1, 0.15) is 0 Å². The number of rotatable bonds is 5. The Hall–Kier alpha value is -2.41. The molecule has 3 aromatic rings. The fraction of sp³-hybridized carbons (Fsp3) is 0.312. The summed E-state index contributed by atoms with van der Waals surface area (Å²) >= 11 is 1.56. The van der Waals surface area contributed by atoms with E-state index in [-0.39, 0.29) is 5.91 Å². The summed E-state index contributed by atoms with van der Waals surface area (Å²) in [7, 11) is 1.85. The number of aryl methyl sites for hydroxylation is 2. The first-order valence-corrected chi connectivity index (χ1v) is 8.19. The number of hydrogen-bond acceptors (Lipinski definition) is 5. The van der Waals surface area contributed by atoms with Crippen LogP contribution in [0.25, 0.3) is 10.9 Å². The van der Waals surface area contributed by atoms with E-state index in [2.05, 4.69) is 15.4 Å². The minimum Gasteiger partial charge on any atom is -0.463 e. The van der Waals surface area contributed by atoms with E-state index in [1.807, 2.05) is 43.6 Å². The zero-order valence-corrected chi connectivity index (χ0v) is 14.1. The van der Waals surface area contributed by atoms with Crippen LogP contribution in [0.5, 0.6) is 5.88 Å². The molecule has 1 amide bonds. The Labute approximate surface area is 138 Å². The summed E-state index contributed by atoms with van der Waals surface area (Å²) < 4.78 is 7.49. The molecule has 0 aliphatic heterocycles. The van der Waals surface area contributed by atoms with Gasteiger partial charge in [-0.2, -0.15) is 0 Å². The molecule has 6 nitrogen and oxygen atoms in total. The molecule has 0 saturated carbocycles. The Morgan fingerprint density at radius 1 is 1.43 bits per heavy atom. The molecule has 0 aliphatic rings. The second kappa shape index (κ2) is 6.37. The highest BCUT2D eigenvalue weighted by atomic mass is 32.1. The number of thiazole rings is 1. The van der Waals surface area contributed by atoms with Crippen molar-refractivity contribution in [3.8, 4) is 5.88 Å². The Morgan fingerprint density at radius 2 is 2.22 bits per heavy atom. The van der Waals surface area contributed by atoms with Crippen LogP contribution in [0, 0.1) is 6.92 Å². The highest BCUT2D eigenvalue weighted by Gasteiger charge is 2.18. The van der Waals surface area contributed by atoms with Gasteiger partial charge in [-0.1, -0.05) is 12.1 Å². The molecule has 7 heteroatoms. The smallest absolute Gasteiger partial charge is 0.261 e. The maximum Gasteiger partial charge on any atom is 0.261 e. The molecule has 1 N–H and O–H groups in total. The number of benzene rings is 1. The molecule has 0 aliphatic carbocycles. The van der Waals surface area contributed by atoms with Crippen LogP contribution in [0.2, 0.25) is 0 Å². The molecule has 0 radical (unpaired) electrons. The Kier molecular flexibility index (Phi) is 4.29. The van der Waals surface area contributed by atoms with Crippen LogP contribution in [0.3, 0.4) is 0 Å². The monoisotopic (exact) mass is 330 g/mol. The van der Waals surface area contributed by atoms with Crippen molar-refractivity contribution in [1.82, 2.24) is 20.1 Å². The van der Waals surface area contributed by atoms with E-state index in [0.29, 0.717) is 12.4 Å². The zero-order valence-electron chi connectivity index (χ0n) is 13.2. The number of carbonyl (C=O) groups is 1. The van der Waals surface area contributed by atoms with Crippen molar-refractivity contribution in [3.05, 3.63) is 40.3 Å². The van der Waals surface area contributed by atoms with Gasteiger partial charge in [0, 0.05) is 12.4 Å². The number of para-hydroxylation sites is 1. The van der Waals surface area contributed by atoms with Crippen molar-refractivity contribution >= 4 is 28.1 Å². The van der Waals surface area contributed by atoms with Crippen molar-refractivity contribution < 1.29 is 9.53 Å². The summed E-state index contributed by atoms with van der Waals surface area (Å²) in [5.74, 6) is 0.278. The second-order valence-electron chi connectivity index (χ2n) is 5.28. The lowest BCUT2D eigenvalue weighted by Gasteiger charge is -2.12. The van der Waals surface area contributed by atoms with Crippen LogP contribution >= 0.6 is 11.3 Å². The first-order chi connectivity index (χ1) is 11.0. The van der Waals surface area contributed by atoms with Gasteiger partial charge >= 0.3 is 0 Å². The number of hydrogen-bond donors (Lipinski definition) is 1. The topological polar surface area (TPSA) is 69.0 Å². The number of aromatic nitrogens is 3. The van der Waals surface area contributed by atoms with Crippen LogP contribution in [0.4, 0.5) is 0 Å². The molecule has 120 valence electrons. The van der Waals surface area contributed by atoms with Crippen LogP contribution < -0.4 is 10.1 Å². The molecular weight excluding hydrogens is 312 g/mol. The molecule has 3 rings (SSSR count). The lowest BCUT2D eigenvalue weighted by molar-refractivity contribution is -0.127. The number of nitrogens with zero attached hydrogens (tertiary/aromatic N) is 3. The molecule has 0 fully saturated rings. The molecule has 0 unspecified atom stereocenters. The van der Waals surface area contributed by atoms with E-state index in [1.54, 1.807) is 22.9 Å². The van der Waals surface area contributed by atoms with Gasteiger partial charge in [-0.25, -0.2) is 4.98 Å². The Bertz CT molecular complexity index is 840. The highest BCUT2D eigenvalue weighted by molar-refractivity contribution is 7.09. The van der Waals surface area contributed by atoms with Crippen molar-refractivity contribution in [2.45, 2.75) is 26.5 Å².